The van der Waals surface area contributed by atoms with E-state index in [1.165, 1.54) is 6.08 Å². The molecule has 4 rings (SSSR count). The number of aromatic nitrogens is 1. The number of carbonyl (C=O) groups is 1. The Bertz CT molecular complexity index is 1070. The largest absolute Gasteiger partial charge is 0.493 e. The van der Waals surface area contributed by atoms with Gasteiger partial charge in [-0.05, 0) is 42.0 Å². The molecule has 1 aliphatic rings. The second kappa shape index (κ2) is 9.15. The van der Waals surface area contributed by atoms with Gasteiger partial charge in [-0.15, -0.1) is 0 Å². The molecule has 8 heteroatoms. The fourth-order valence-electron chi connectivity index (χ4n) is 3.19. The van der Waals surface area contributed by atoms with Gasteiger partial charge in [0.15, 0.2) is 16.6 Å². The van der Waals surface area contributed by atoms with Crippen molar-refractivity contribution in [1.82, 2.24) is 4.98 Å². The maximum absolute atomic E-state index is 12.4. The molecule has 0 aliphatic carbocycles. The number of morpholine rings is 1. The van der Waals surface area contributed by atoms with Crippen molar-refractivity contribution in [2.24, 2.45) is 0 Å². The molecule has 30 heavy (non-hydrogen) atoms. The fourth-order valence-corrected chi connectivity index (χ4v) is 4.25. The van der Waals surface area contributed by atoms with Crippen LogP contribution in [0.1, 0.15) is 5.56 Å². The molecule has 0 unspecified atom stereocenters. The zero-order valence-corrected chi connectivity index (χ0v) is 17.7. The minimum atomic E-state index is -0.206. The first kappa shape index (κ1) is 20.2. The van der Waals surface area contributed by atoms with Gasteiger partial charge in [-0.25, -0.2) is 4.98 Å². The third-order valence-corrected chi connectivity index (χ3v) is 5.84. The standard InChI is InChI=1S/C22H23N3O4S/c1-27-18-7-3-15(13-19(18)28-2)4-8-21(26)23-16-5-6-17-20(14-16)30-22(24-17)25-9-11-29-12-10-25/h3-8,13-14H,9-12H2,1-2H3,(H,23,26)/b8-4+. The molecular formula is C22H23N3O4S. The van der Waals surface area contributed by atoms with Crippen LogP contribution in [0.5, 0.6) is 11.5 Å². The summed E-state index contributed by atoms with van der Waals surface area (Å²) in [5, 5.41) is 3.90. The molecule has 7 nitrogen and oxygen atoms in total. The number of methoxy groups -OCH3 is 2. The first-order chi connectivity index (χ1) is 14.7. The molecule has 156 valence electrons. The lowest BCUT2D eigenvalue weighted by atomic mass is 10.2. The molecule has 0 spiro atoms. The smallest absolute Gasteiger partial charge is 0.248 e. The molecule has 1 saturated heterocycles. The van der Waals surface area contributed by atoms with E-state index in [0.29, 0.717) is 11.5 Å². The summed E-state index contributed by atoms with van der Waals surface area (Å²) in [6, 6.07) is 11.2. The monoisotopic (exact) mass is 425 g/mol. The van der Waals surface area contributed by atoms with Gasteiger partial charge in [0.25, 0.3) is 0 Å². The van der Waals surface area contributed by atoms with Crippen LogP contribution in [0.25, 0.3) is 16.3 Å². The van der Waals surface area contributed by atoms with Crippen molar-refractivity contribution < 1.29 is 19.0 Å². The molecule has 3 aromatic rings. The normalized spacial score (nSPS) is 14.3. The maximum atomic E-state index is 12.4. The zero-order chi connectivity index (χ0) is 20.9. The Morgan fingerprint density at radius 2 is 1.93 bits per heavy atom. The van der Waals surface area contributed by atoms with Crippen LogP contribution in [0.4, 0.5) is 10.8 Å². The SMILES string of the molecule is COc1ccc(/C=C/C(=O)Nc2ccc3nc(N4CCOCC4)sc3c2)cc1OC. The molecular weight excluding hydrogens is 402 g/mol. The van der Waals surface area contributed by atoms with E-state index >= 15 is 0 Å². The van der Waals surface area contributed by atoms with Crippen LogP contribution < -0.4 is 19.7 Å². The number of ether oxygens (including phenoxy) is 3. The predicted octanol–water partition coefficient (Wildman–Crippen LogP) is 3.80. The van der Waals surface area contributed by atoms with Crippen molar-refractivity contribution in [2.45, 2.75) is 0 Å². The van der Waals surface area contributed by atoms with E-state index in [9.17, 15) is 4.79 Å². The molecule has 1 aliphatic heterocycles. The highest BCUT2D eigenvalue weighted by molar-refractivity contribution is 7.22. The molecule has 0 saturated carbocycles. The van der Waals surface area contributed by atoms with E-state index in [4.69, 9.17) is 19.2 Å². The topological polar surface area (TPSA) is 72.9 Å². The Morgan fingerprint density at radius 3 is 2.70 bits per heavy atom. The number of anilines is 2. The third-order valence-electron chi connectivity index (χ3n) is 4.76. The number of hydrogen-bond donors (Lipinski definition) is 1. The number of fused-ring (bicyclic) bond motifs is 1. The molecule has 0 atom stereocenters. The van der Waals surface area contributed by atoms with E-state index in [1.807, 2.05) is 30.3 Å². The summed E-state index contributed by atoms with van der Waals surface area (Å²) in [7, 11) is 3.17. The summed E-state index contributed by atoms with van der Waals surface area (Å²) in [5.41, 5.74) is 2.51. The van der Waals surface area contributed by atoms with Crippen LogP contribution in [-0.2, 0) is 9.53 Å². The molecule has 0 bridgehead atoms. The summed E-state index contributed by atoms with van der Waals surface area (Å²) >= 11 is 1.63. The lowest BCUT2D eigenvalue weighted by Crippen LogP contribution is -2.36. The van der Waals surface area contributed by atoms with Crippen LogP contribution in [0.15, 0.2) is 42.5 Å². The summed E-state index contributed by atoms with van der Waals surface area (Å²) in [6.45, 7) is 3.15. The Kier molecular flexibility index (Phi) is 6.15. The van der Waals surface area contributed by atoms with Crippen LogP contribution in [0, 0.1) is 0 Å². The second-order valence-electron chi connectivity index (χ2n) is 6.72. The molecule has 2 aromatic carbocycles. The van der Waals surface area contributed by atoms with E-state index < -0.39 is 0 Å². The fraction of sp³-hybridized carbons (Fsp3) is 0.273. The average molecular weight is 426 g/mol. The first-order valence-corrected chi connectivity index (χ1v) is 10.4. The number of nitrogens with zero attached hydrogens (tertiary/aromatic N) is 2. The van der Waals surface area contributed by atoms with Crippen molar-refractivity contribution in [2.75, 3.05) is 50.7 Å². The van der Waals surface area contributed by atoms with Crippen molar-refractivity contribution in [3.05, 3.63) is 48.0 Å². The van der Waals surface area contributed by atoms with Gasteiger partial charge in [0.05, 0.1) is 37.6 Å². The van der Waals surface area contributed by atoms with Crippen LogP contribution >= 0.6 is 11.3 Å². The summed E-state index contributed by atoms with van der Waals surface area (Å²) in [5.74, 6) is 1.06. The van der Waals surface area contributed by atoms with Gasteiger partial charge < -0.3 is 24.4 Å². The van der Waals surface area contributed by atoms with Gasteiger partial charge in [0.2, 0.25) is 5.91 Å². The van der Waals surface area contributed by atoms with E-state index in [0.717, 1.165) is 52.9 Å². The lowest BCUT2D eigenvalue weighted by molar-refractivity contribution is -0.111. The highest BCUT2D eigenvalue weighted by Gasteiger charge is 2.15. The van der Waals surface area contributed by atoms with E-state index in [2.05, 4.69) is 10.2 Å². The van der Waals surface area contributed by atoms with Crippen LogP contribution in [0.3, 0.4) is 0 Å². The molecule has 1 N–H and O–H groups in total. The quantitative estimate of drug-likeness (QED) is 0.606. The summed E-state index contributed by atoms with van der Waals surface area (Å²) in [6.07, 6.45) is 3.23. The van der Waals surface area contributed by atoms with Gasteiger partial charge in [0.1, 0.15) is 0 Å². The van der Waals surface area contributed by atoms with E-state index in [1.54, 1.807) is 37.7 Å². The third kappa shape index (κ3) is 4.55. The van der Waals surface area contributed by atoms with Gasteiger partial charge in [0, 0.05) is 24.9 Å². The average Bonchev–Trinajstić information content (AvgIpc) is 3.21. The molecule has 1 aromatic heterocycles. The second-order valence-corrected chi connectivity index (χ2v) is 7.72. The van der Waals surface area contributed by atoms with Gasteiger partial charge in [-0.2, -0.15) is 0 Å². The predicted molar refractivity (Wildman–Crippen MR) is 120 cm³/mol. The molecule has 1 amide bonds. The van der Waals surface area contributed by atoms with Gasteiger partial charge >= 0.3 is 0 Å². The lowest BCUT2D eigenvalue weighted by Gasteiger charge is -2.25. The number of thiazole rings is 1. The highest BCUT2D eigenvalue weighted by atomic mass is 32.1. The summed E-state index contributed by atoms with van der Waals surface area (Å²) < 4.78 is 17.0. The Balaban J connectivity index is 1.44. The number of rotatable bonds is 6. The van der Waals surface area contributed by atoms with Crippen molar-refractivity contribution >= 4 is 44.4 Å². The number of hydrogen-bond acceptors (Lipinski definition) is 7. The minimum Gasteiger partial charge on any atom is -0.493 e. The van der Waals surface area contributed by atoms with Crippen LogP contribution in [0.2, 0.25) is 0 Å². The zero-order valence-electron chi connectivity index (χ0n) is 16.9. The highest BCUT2D eigenvalue weighted by Crippen LogP contribution is 2.31. The van der Waals surface area contributed by atoms with Crippen molar-refractivity contribution in [3.8, 4) is 11.5 Å². The van der Waals surface area contributed by atoms with Crippen molar-refractivity contribution in [3.63, 3.8) is 0 Å². The van der Waals surface area contributed by atoms with Gasteiger partial charge in [-0.1, -0.05) is 17.4 Å². The molecule has 2 heterocycles. The summed E-state index contributed by atoms with van der Waals surface area (Å²) in [4.78, 5) is 19.3. The maximum Gasteiger partial charge on any atom is 0.248 e. The van der Waals surface area contributed by atoms with Crippen LogP contribution in [-0.4, -0.2) is 51.4 Å². The number of carbonyl (C=O) groups excluding carboxylic acids is 1. The first-order valence-electron chi connectivity index (χ1n) is 9.60. The van der Waals surface area contributed by atoms with E-state index in [-0.39, 0.29) is 5.91 Å². The number of benzene rings is 2. The Labute approximate surface area is 178 Å². The molecule has 0 radical (unpaired) electrons. The number of amides is 1. The van der Waals surface area contributed by atoms with Crippen molar-refractivity contribution in [1.29, 1.82) is 0 Å². The van der Waals surface area contributed by atoms with Gasteiger partial charge in [-0.3, -0.25) is 4.79 Å². The Hall–Kier alpha value is -3.10. The molecule has 1 fully saturated rings. The number of nitrogens with one attached hydrogen (secondary N) is 1. The Morgan fingerprint density at radius 1 is 1.13 bits per heavy atom. The minimum absolute atomic E-state index is 0.206.